The van der Waals surface area contributed by atoms with Crippen molar-refractivity contribution in [3.8, 4) is 0 Å². The second-order valence-corrected chi connectivity index (χ2v) is 4.42. The van der Waals surface area contributed by atoms with E-state index < -0.39 is 5.97 Å². The summed E-state index contributed by atoms with van der Waals surface area (Å²) in [6.45, 7) is -0.204. The molecule has 3 N–H and O–H groups in total. The van der Waals surface area contributed by atoms with Crippen molar-refractivity contribution in [2.45, 2.75) is 25.3 Å². The highest BCUT2D eigenvalue weighted by atomic mass is 16.5. The lowest BCUT2D eigenvalue weighted by Crippen LogP contribution is -2.30. The largest absolute Gasteiger partial charge is 0.455 e. The van der Waals surface area contributed by atoms with Crippen LogP contribution in [0.2, 0.25) is 0 Å². The smallest absolute Gasteiger partial charge is 0.310 e. The van der Waals surface area contributed by atoms with Crippen LogP contribution in [0, 0.1) is 0 Å². The van der Waals surface area contributed by atoms with Crippen molar-refractivity contribution in [1.29, 1.82) is 0 Å². The number of hydrogen-bond acceptors (Lipinski definition) is 4. The Morgan fingerprint density at radius 3 is 2.56 bits per heavy atom. The number of nitrogens with one attached hydrogen (secondary N) is 1. The molecule has 1 aromatic rings. The van der Waals surface area contributed by atoms with Crippen LogP contribution < -0.4 is 11.1 Å². The number of benzene rings is 1. The Bertz CT molecular complexity index is 438. The van der Waals surface area contributed by atoms with Crippen molar-refractivity contribution in [2.24, 2.45) is 0 Å². The molecule has 5 heteroatoms. The summed E-state index contributed by atoms with van der Waals surface area (Å²) in [6.07, 6.45) is 2.19. The molecule has 5 nitrogen and oxygen atoms in total. The van der Waals surface area contributed by atoms with Gasteiger partial charge in [0.2, 0.25) is 0 Å². The molecule has 1 aliphatic rings. The monoisotopic (exact) mass is 248 g/mol. The molecule has 1 aliphatic carbocycles. The summed E-state index contributed by atoms with van der Waals surface area (Å²) in [7, 11) is 0. The maximum absolute atomic E-state index is 11.5. The molecule has 1 fully saturated rings. The van der Waals surface area contributed by atoms with Crippen LogP contribution in [-0.2, 0) is 20.7 Å². The molecule has 0 saturated heterocycles. The molecule has 0 spiro atoms. The second kappa shape index (κ2) is 5.53. The summed E-state index contributed by atoms with van der Waals surface area (Å²) in [5, 5.41) is 2.75. The van der Waals surface area contributed by atoms with E-state index in [4.69, 9.17) is 10.5 Å². The molecule has 0 radical (unpaired) electrons. The number of carbonyl (C=O) groups excluding carboxylic acids is 2. The van der Waals surface area contributed by atoms with Crippen LogP contribution in [0.25, 0.3) is 0 Å². The van der Waals surface area contributed by atoms with Gasteiger partial charge < -0.3 is 15.8 Å². The maximum atomic E-state index is 11.5. The fourth-order valence-corrected chi connectivity index (χ4v) is 1.50. The average molecular weight is 248 g/mol. The number of ether oxygens (including phenoxy) is 1. The first-order valence-corrected chi connectivity index (χ1v) is 5.93. The molecular weight excluding hydrogens is 232 g/mol. The summed E-state index contributed by atoms with van der Waals surface area (Å²) in [5.41, 5.74) is 7.00. The average Bonchev–Trinajstić information content (AvgIpc) is 3.13. The predicted molar refractivity (Wildman–Crippen MR) is 66.7 cm³/mol. The van der Waals surface area contributed by atoms with Crippen molar-refractivity contribution < 1.29 is 14.3 Å². The van der Waals surface area contributed by atoms with Gasteiger partial charge in [-0.3, -0.25) is 9.59 Å². The molecule has 0 atom stereocenters. The van der Waals surface area contributed by atoms with E-state index in [0.29, 0.717) is 5.69 Å². The Labute approximate surface area is 105 Å². The zero-order valence-electron chi connectivity index (χ0n) is 10.0. The number of carbonyl (C=O) groups is 2. The minimum Gasteiger partial charge on any atom is -0.455 e. The first-order valence-electron chi connectivity index (χ1n) is 5.93. The van der Waals surface area contributed by atoms with Crippen molar-refractivity contribution in [2.75, 3.05) is 12.3 Å². The quantitative estimate of drug-likeness (QED) is 0.591. The number of rotatable bonds is 5. The van der Waals surface area contributed by atoms with Crippen molar-refractivity contribution >= 4 is 17.6 Å². The zero-order chi connectivity index (χ0) is 13.0. The van der Waals surface area contributed by atoms with Crippen LogP contribution in [0.5, 0.6) is 0 Å². The van der Waals surface area contributed by atoms with Gasteiger partial charge in [0, 0.05) is 11.7 Å². The fourth-order valence-electron chi connectivity index (χ4n) is 1.50. The predicted octanol–water partition coefficient (Wildman–Crippen LogP) is 0.633. The highest BCUT2D eigenvalue weighted by Crippen LogP contribution is 2.18. The van der Waals surface area contributed by atoms with E-state index in [-0.39, 0.29) is 25.0 Å². The van der Waals surface area contributed by atoms with E-state index >= 15 is 0 Å². The van der Waals surface area contributed by atoms with Gasteiger partial charge in [0.05, 0.1) is 6.42 Å². The van der Waals surface area contributed by atoms with Gasteiger partial charge in [-0.05, 0) is 30.5 Å². The number of amides is 1. The Morgan fingerprint density at radius 2 is 1.94 bits per heavy atom. The summed E-state index contributed by atoms with van der Waals surface area (Å²) >= 11 is 0. The van der Waals surface area contributed by atoms with Gasteiger partial charge >= 0.3 is 5.97 Å². The van der Waals surface area contributed by atoms with Crippen LogP contribution in [-0.4, -0.2) is 24.5 Å². The van der Waals surface area contributed by atoms with Crippen LogP contribution in [0.1, 0.15) is 18.4 Å². The molecule has 1 saturated carbocycles. The van der Waals surface area contributed by atoms with Gasteiger partial charge in [0.25, 0.3) is 5.91 Å². The lowest BCUT2D eigenvalue weighted by molar-refractivity contribution is -0.147. The summed E-state index contributed by atoms with van der Waals surface area (Å²) in [4.78, 5) is 22.8. The Kier molecular flexibility index (Phi) is 3.82. The van der Waals surface area contributed by atoms with E-state index in [0.717, 1.165) is 18.4 Å². The molecular formula is C13H16N2O3. The number of nitrogens with two attached hydrogens (primary N) is 1. The molecule has 2 rings (SSSR count). The normalized spacial score (nSPS) is 14.0. The van der Waals surface area contributed by atoms with Crippen molar-refractivity contribution in [3.05, 3.63) is 29.8 Å². The van der Waals surface area contributed by atoms with E-state index in [1.807, 2.05) is 0 Å². The third-order valence-corrected chi connectivity index (χ3v) is 2.63. The van der Waals surface area contributed by atoms with Crippen molar-refractivity contribution in [1.82, 2.24) is 5.32 Å². The number of anilines is 1. The number of esters is 1. The molecule has 0 aromatic heterocycles. The third-order valence-electron chi connectivity index (χ3n) is 2.63. The Morgan fingerprint density at radius 1 is 1.28 bits per heavy atom. The molecule has 1 aromatic carbocycles. The van der Waals surface area contributed by atoms with Gasteiger partial charge in [0.15, 0.2) is 6.61 Å². The molecule has 18 heavy (non-hydrogen) atoms. The van der Waals surface area contributed by atoms with Gasteiger partial charge in [0.1, 0.15) is 0 Å². The van der Waals surface area contributed by atoms with E-state index in [9.17, 15) is 9.59 Å². The second-order valence-electron chi connectivity index (χ2n) is 4.42. The molecule has 0 unspecified atom stereocenters. The SMILES string of the molecule is Nc1ccc(CC(=O)OCC(=O)NC2CC2)cc1. The fraction of sp³-hybridized carbons (Fsp3) is 0.385. The molecule has 0 bridgehead atoms. The highest BCUT2D eigenvalue weighted by molar-refractivity contribution is 5.81. The summed E-state index contributed by atoms with van der Waals surface area (Å²) in [5.74, 6) is -0.645. The minimum atomic E-state index is -0.411. The molecule has 1 amide bonds. The molecule has 96 valence electrons. The number of hydrogen-bond donors (Lipinski definition) is 2. The molecule has 0 aliphatic heterocycles. The number of nitrogen functional groups attached to an aromatic ring is 1. The topological polar surface area (TPSA) is 81.4 Å². The lowest BCUT2D eigenvalue weighted by atomic mass is 10.1. The van der Waals surface area contributed by atoms with E-state index in [1.54, 1.807) is 24.3 Å². The first kappa shape index (κ1) is 12.4. The standard InChI is InChI=1S/C13H16N2O3/c14-10-3-1-9(2-4-10)7-13(17)18-8-12(16)15-11-5-6-11/h1-4,11H,5-8,14H2,(H,15,16). The highest BCUT2D eigenvalue weighted by Gasteiger charge is 2.23. The van der Waals surface area contributed by atoms with Gasteiger partial charge in [-0.2, -0.15) is 0 Å². The van der Waals surface area contributed by atoms with Crippen LogP contribution >= 0.6 is 0 Å². The first-order chi connectivity index (χ1) is 8.63. The summed E-state index contributed by atoms with van der Waals surface area (Å²) < 4.78 is 4.88. The van der Waals surface area contributed by atoms with Crippen molar-refractivity contribution in [3.63, 3.8) is 0 Å². The van der Waals surface area contributed by atoms with Crippen LogP contribution in [0.4, 0.5) is 5.69 Å². The summed E-state index contributed by atoms with van der Waals surface area (Å²) in [6, 6.07) is 7.26. The van der Waals surface area contributed by atoms with Crippen LogP contribution in [0.15, 0.2) is 24.3 Å². The Balaban J connectivity index is 1.70. The zero-order valence-corrected chi connectivity index (χ0v) is 10.0. The Hall–Kier alpha value is -2.04. The van der Waals surface area contributed by atoms with E-state index in [1.165, 1.54) is 0 Å². The van der Waals surface area contributed by atoms with E-state index in [2.05, 4.69) is 5.32 Å². The maximum Gasteiger partial charge on any atom is 0.310 e. The van der Waals surface area contributed by atoms with Gasteiger partial charge in [-0.1, -0.05) is 12.1 Å². The lowest BCUT2D eigenvalue weighted by Gasteiger charge is -2.05. The third kappa shape index (κ3) is 4.08. The molecule has 0 heterocycles. The minimum absolute atomic E-state index is 0.150. The van der Waals surface area contributed by atoms with Crippen LogP contribution in [0.3, 0.4) is 0 Å². The van der Waals surface area contributed by atoms with Gasteiger partial charge in [-0.25, -0.2) is 0 Å². The van der Waals surface area contributed by atoms with Gasteiger partial charge in [-0.15, -0.1) is 0 Å².